The molecule has 0 aliphatic carbocycles. The molecule has 0 unspecified atom stereocenters. The van der Waals surface area contributed by atoms with E-state index in [2.05, 4.69) is 5.10 Å². The number of nitrogens with two attached hydrogens (primary N) is 1. The molecule has 84 valence electrons. The minimum Gasteiger partial charge on any atom is -0.382 e. The Morgan fingerprint density at radius 2 is 2.27 bits per heavy atom. The first-order chi connectivity index (χ1) is 7.25. The van der Waals surface area contributed by atoms with Crippen molar-refractivity contribution in [1.82, 2.24) is 9.78 Å². The van der Waals surface area contributed by atoms with Crippen molar-refractivity contribution in [2.45, 2.75) is 32.7 Å². The fourth-order valence-electron chi connectivity index (χ4n) is 2.10. The zero-order valence-corrected chi connectivity index (χ0v) is 9.28. The van der Waals surface area contributed by atoms with Crippen LogP contribution in [0.15, 0.2) is 6.07 Å². The van der Waals surface area contributed by atoms with Crippen LogP contribution in [0.25, 0.3) is 0 Å². The summed E-state index contributed by atoms with van der Waals surface area (Å²) < 4.78 is 7.34. The average Bonchev–Trinajstić information content (AvgIpc) is 2.56. The summed E-state index contributed by atoms with van der Waals surface area (Å²) >= 11 is 0. The van der Waals surface area contributed by atoms with Gasteiger partial charge in [0.25, 0.3) is 0 Å². The molecule has 0 bridgehead atoms. The van der Waals surface area contributed by atoms with Crippen LogP contribution in [0.4, 0.5) is 5.82 Å². The smallest absolute Gasteiger partial charge is 0.145 e. The summed E-state index contributed by atoms with van der Waals surface area (Å²) in [7, 11) is 0. The van der Waals surface area contributed by atoms with E-state index in [0.717, 1.165) is 31.4 Å². The van der Waals surface area contributed by atoms with Gasteiger partial charge in [-0.1, -0.05) is 0 Å². The molecule has 4 nitrogen and oxygen atoms in total. The molecular weight excluding hydrogens is 190 g/mol. The number of rotatable bonds is 3. The summed E-state index contributed by atoms with van der Waals surface area (Å²) in [6, 6.07) is 1.92. The van der Waals surface area contributed by atoms with Crippen molar-refractivity contribution < 1.29 is 4.74 Å². The van der Waals surface area contributed by atoms with Gasteiger partial charge in [0.05, 0.1) is 0 Å². The van der Waals surface area contributed by atoms with Gasteiger partial charge in [-0.05, 0) is 32.1 Å². The Morgan fingerprint density at radius 1 is 1.53 bits per heavy atom. The molecule has 0 aromatic carbocycles. The number of nitrogens with zero attached hydrogens (tertiary/aromatic N) is 2. The predicted molar refractivity (Wildman–Crippen MR) is 59.5 cm³/mol. The van der Waals surface area contributed by atoms with Gasteiger partial charge in [-0.25, -0.2) is 0 Å². The summed E-state index contributed by atoms with van der Waals surface area (Å²) in [6.07, 6.45) is 3.57. The van der Waals surface area contributed by atoms with Gasteiger partial charge >= 0.3 is 0 Å². The number of aryl methyl sites for hydroxylation is 2. The maximum Gasteiger partial charge on any atom is 0.145 e. The van der Waals surface area contributed by atoms with Crippen LogP contribution >= 0.6 is 0 Å². The number of anilines is 1. The molecule has 1 aromatic heterocycles. The zero-order valence-electron chi connectivity index (χ0n) is 9.28. The highest BCUT2D eigenvalue weighted by Crippen LogP contribution is 2.19. The van der Waals surface area contributed by atoms with Gasteiger partial charge in [0.1, 0.15) is 5.82 Å². The van der Waals surface area contributed by atoms with Crippen molar-refractivity contribution in [1.29, 1.82) is 0 Å². The lowest BCUT2D eigenvalue weighted by atomic mass is 9.97. The Hall–Kier alpha value is -1.03. The van der Waals surface area contributed by atoms with Crippen molar-refractivity contribution in [3.63, 3.8) is 0 Å². The number of ether oxygens (including phenoxy) is 1. The van der Waals surface area contributed by atoms with E-state index < -0.39 is 0 Å². The molecular formula is C11H19N3O. The fourth-order valence-corrected chi connectivity index (χ4v) is 2.10. The molecule has 1 saturated heterocycles. The SMILES string of the molecule is Cc1cc(N)nn1CCC1CCOCC1. The van der Waals surface area contributed by atoms with Crippen molar-refractivity contribution in [3.8, 4) is 0 Å². The Morgan fingerprint density at radius 3 is 2.87 bits per heavy atom. The third-order valence-corrected chi connectivity index (χ3v) is 3.09. The van der Waals surface area contributed by atoms with Crippen molar-refractivity contribution >= 4 is 5.82 Å². The van der Waals surface area contributed by atoms with E-state index in [4.69, 9.17) is 10.5 Å². The molecule has 0 saturated carbocycles. The lowest BCUT2D eigenvalue weighted by Crippen LogP contribution is -2.18. The lowest BCUT2D eigenvalue weighted by molar-refractivity contribution is 0.0622. The second-order valence-electron chi connectivity index (χ2n) is 4.28. The van der Waals surface area contributed by atoms with Gasteiger partial charge < -0.3 is 10.5 Å². The van der Waals surface area contributed by atoms with E-state index in [-0.39, 0.29) is 0 Å². The molecule has 0 spiro atoms. The number of nitrogen functional groups attached to an aromatic ring is 1. The molecule has 1 fully saturated rings. The van der Waals surface area contributed by atoms with Gasteiger partial charge in [0.15, 0.2) is 0 Å². The van der Waals surface area contributed by atoms with Gasteiger partial charge in [-0.2, -0.15) is 5.10 Å². The molecule has 1 aliphatic rings. The van der Waals surface area contributed by atoms with Gasteiger partial charge in [0.2, 0.25) is 0 Å². The monoisotopic (exact) mass is 209 g/mol. The summed E-state index contributed by atoms with van der Waals surface area (Å²) in [4.78, 5) is 0. The van der Waals surface area contributed by atoms with Crippen molar-refractivity contribution in [3.05, 3.63) is 11.8 Å². The maximum atomic E-state index is 5.64. The Kier molecular flexibility index (Phi) is 3.26. The molecule has 15 heavy (non-hydrogen) atoms. The fraction of sp³-hybridized carbons (Fsp3) is 0.727. The summed E-state index contributed by atoms with van der Waals surface area (Å²) in [5.74, 6) is 1.42. The Labute approximate surface area is 90.4 Å². The quantitative estimate of drug-likeness (QED) is 0.822. The highest BCUT2D eigenvalue weighted by Gasteiger charge is 2.14. The molecule has 0 radical (unpaired) electrons. The molecule has 2 rings (SSSR count). The van der Waals surface area contributed by atoms with E-state index in [1.165, 1.54) is 19.3 Å². The summed E-state index contributed by atoms with van der Waals surface area (Å²) in [5.41, 5.74) is 6.79. The molecule has 0 amide bonds. The maximum absolute atomic E-state index is 5.64. The Balaban J connectivity index is 1.84. The zero-order chi connectivity index (χ0) is 10.7. The average molecular weight is 209 g/mol. The lowest BCUT2D eigenvalue weighted by Gasteiger charge is -2.21. The van der Waals surface area contributed by atoms with Crippen molar-refractivity contribution in [2.24, 2.45) is 5.92 Å². The topological polar surface area (TPSA) is 53.1 Å². The van der Waals surface area contributed by atoms with E-state index >= 15 is 0 Å². The third kappa shape index (κ3) is 2.72. The highest BCUT2D eigenvalue weighted by atomic mass is 16.5. The van der Waals surface area contributed by atoms with Crippen LogP contribution in [0.2, 0.25) is 0 Å². The standard InChI is InChI=1S/C11H19N3O/c1-9-8-11(12)13-14(9)5-2-10-3-6-15-7-4-10/h8,10H,2-7H2,1H3,(H2,12,13). The minimum atomic E-state index is 0.625. The molecule has 2 heterocycles. The largest absolute Gasteiger partial charge is 0.382 e. The predicted octanol–water partition coefficient (Wildman–Crippen LogP) is 1.59. The Bertz CT molecular complexity index is 316. The third-order valence-electron chi connectivity index (χ3n) is 3.09. The molecule has 4 heteroatoms. The number of aromatic nitrogens is 2. The molecule has 2 N–H and O–H groups in total. The first-order valence-electron chi connectivity index (χ1n) is 5.63. The van der Waals surface area contributed by atoms with Crippen LogP contribution in [-0.4, -0.2) is 23.0 Å². The molecule has 1 aromatic rings. The first-order valence-corrected chi connectivity index (χ1v) is 5.63. The number of hydrogen-bond donors (Lipinski definition) is 1. The van der Waals surface area contributed by atoms with Crippen molar-refractivity contribution in [2.75, 3.05) is 18.9 Å². The second-order valence-corrected chi connectivity index (χ2v) is 4.28. The first kappa shape index (κ1) is 10.5. The van der Waals surface area contributed by atoms with Crippen LogP contribution in [0, 0.1) is 12.8 Å². The van der Waals surface area contributed by atoms with Gasteiger partial charge in [-0.15, -0.1) is 0 Å². The molecule has 1 aliphatic heterocycles. The van der Waals surface area contributed by atoms with Gasteiger partial charge in [-0.3, -0.25) is 4.68 Å². The summed E-state index contributed by atoms with van der Waals surface area (Å²) in [6.45, 7) is 4.87. The van der Waals surface area contributed by atoms with E-state index in [1.807, 2.05) is 17.7 Å². The van der Waals surface area contributed by atoms with Crippen LogP contribution in [0.3, 0.4) is 0 Å². The van der Waals surface area contributed by atoms with Crippen LogP contribution in [0.5, 0.6) is 0 Å². The highest BCUT2D eigenvalue weighted by molar-refractivity contribution is 5.28. The second kappa shape index (κ2) is 4.66. The van der Waals surface area contributed by atoms with Crippen LogP contribution < -0.4 is 5.73 Å². The van der Waals surface area contributed by atoms with E-state index in [0.29, 0.717) is 5.82 Å². The number of hydrogen-bond acceptors (Lipinski definition) is 3. The summed E-state index contributed by atoms with van der Waals surface area (Å²) in [5, 5.41) is 4.26. The van der Waals surface area contributed by atoms with Crippen LogP contribution in [0.1, 0.15) is 25.0 Å². The normalized spacial score (nSPS) is 18.2. The van der Waals surface area contributed by atoms with E-state index in [9.17, 15) is 0 Å². The van der Waals surface area contributed by atoms with E-state index in [1.54, 1.807) is 0 Å². The van der Waals surface area contributed by atoms with Crippen LogP contribution in [-0.2, 0) is 11.3 Å². The minimum absolute atomic E-state index is 0.625. The van der Waals surface area contributed by atoms with Gasteiger partial charge in [0, 0.05) is 31.5 Å². The molecule has 0 atom stereocenters.